The van der Waals surface area contributed by atoms with Crippen LogP contribution >= 0.6 is 23.2 Å². The Balaban J connectivity index is 1.83. The summed E-state index contributed by atoms with van der Waals surface area (Å²) in [5, 5.41) is 23.6. The molecule has 0 saturated carbocycles. The van der Waals surface area contributed by atoms with E-state index in [-0.39, 0.29) is 22.0 Å². The highest BCUT2D eigenvalue weighted by atomic mass is 35.5. The van der Waals surface area contributed by atoms with Gasteiger partial charge in [-0.1, -0.05) is 54.4 Å². The van der Waals surface area contributed by atoms with Gasteiger partial charge in [0.1, 0.15) is 17.1 Å². The molecule has 0 aromatic heterocycles. The summed E-state index contributed by atoms with van der Waals surface area (Å²) in [6.07, 6.45) is 0.364. The molecule has 0 fully saturated rings. The number of fused-ring (bicyclic) bond motifs is 1. The minimum atomic E-state index is -4.54. The van der Waals surface area contributed by atoms with Crippen LogP contribution < -0.4 is 10.1 Å². The number of amides is 1. The van der Waals surface area contributed by atoms with Crippen molar-refractivity contribution in [2.75, 3.05) is 12.4 Å². The monoisotopic (exact) mass is 573 g/mol. The van der Waals surface area contributed by atoms with Crippen LogP contribution in [0.3, 0.4) is 0 Å². The Labute approximate surface area is 228 Å². The number of methoxy groups -OCH3 is 1. The number of aryl methyl sites for hydroxylation is 1. The van der Waals surface area contributed by atoms with Gasteiger partial charge < -0.3 is 15.2 Å². The molecule has 0 bridgehead atoms. The first kappa shape index (κ1) is 27.3. The summed E-state index contributed by atoms with van der Waals surface area (Å²) in [6.45, 7) is 1.76. The van der Waals surface area contributed by atoms with Crippen LogP contribution in [-0.2, 0) is 16.5 Å². The van der Waals surface area contributed by atoms with E-state index in [9.17, 15) is 22.9 Å². The largest absolute Gasteiger partial charge is 0.505 e. The van der Waals surface area contributed by atoms with Gasteiger partial charge in [0, 0.05) is 16.5 Å². The minimum absolute atomic E-state index is 0.0390. The zero-order chi connectivity index (χ0) is 27.6. The number of halogens is 2. The number of nitrogens with one attached hydrogen (secondary N) is 1. The number of nitrogens with zero attached hydrogens (tertiary/aromatic N) is 2. The van der Waals surface area contributed by atoms with Gasteiger partial charge in [-0.15, -0.1) is 10.2 Å². The summed E-state index contributed by atoms with van der Waals surface area (Å²) in [5.41, 5.74) is 0.584. The molecule has 9 nitrogen and oxygen atoms in total. The van der Waals surface area contributed by atoms with E-state index in [2.05, 4.69) is 15.5 Å². The molecular weight excluding hydrogens is 553 g/mol. The van der Waals surface area contributed by atoms with Gasteiger partial charge in [-0.3, -0.25) is 9.35 Å². The van der Waals surface area contributed by atoms with Crippen molar-refractivity contribution in [1.82, 2.24) is 0 Å². The number of hydrogen-bond acceptors (Lipinski definition) is 7. The van der Waals surface area contributed by atoms with Gasteiger partial charge >= 0.3 is 0 Å². The fraction of sp³-hybridized carbons (Fsp3) is 0.115. The number of hydrogen-bond donors (Lipinski definition) is 3. The van der Waals surface area contributed by atoms with Crippen LogP contribution in [-0.4, -0.2) is 31.1 Å². The number of phenolic OH excluding ortho intramolecular Hbond substituents is 1. The maximum atomic E-state index is 13.2. The van der Waals surface area contributed by atoms with Gasteiger partial charge in [-0.05, 0) is 47.7 Å². The Morgan fingerprint density at radius 3 is 2.47 bits per heavy atom. The van der Waals surface area contributed by atoms with Crippen LogP contribution in [0.5, 0.6) is 11.5 Å². The number of benzene rings is 4. The number of aromatic hydroxyl groups is 1. The van der Waals surface area contributed by atoms with Gasteiger partial charge in [-0.2, -0.15) is 8.42 Å². The summed E-state index contributed by atoms with van der Waals surface area (Å²) in [4.78, 5) is 12.8. The van der Waals surface area contributed by atoms with Crippen molar-refractivity contribution in [3.8, 4) is 11.5 Å². The smallest absolute Gasteiger partial charge is 0.294 e. The standard InChI is InChI=1S/C26H21Cl2N3O6S/c1-3-14-10-17(38(34,35)36)13-21(23(14)28)30-31-24-18-7-5-4-6-15(18)11-19(25(24)32)26(33)29-20-9-8-16(27)12-22(20)37-2/h4-13,32H,3H2,1-2H3,(H,29,33)(H,34,35,36). The maximum Gasteiger partial charge on any atom is 0.294 e. The van der Waals surface area contributed by atoms with Crippen LogP contribution in [0.25, 0.3) is 10.8 Å². The first-order valence-electron chi connectivity index (χ1n) is 11.1. The number of anilines is 1. The first-order chi connectivity index (χ1) is 18.0. The average Bonchev–Trinajstić information content (AvgIpc) is 2.88. The molecule has 0 heterocycles. The molecule has 38 heavy (non-hydrogen) atoms. The van der Waals surface area contributed by atoms with Gasteiger partial charge in [0.2, 0.25) is 0 Å². The predicted molar refractivity (Wildman–Crippen MR) is 146 cm³/mol. The molecule has 0 radical (unpaired) electrons. The second-order valence-corrected chi connectivity index (χ2v) is 10.3. The van der Waals surface area contributed by atoms with Crippen LogP contribution in [0.1, 0.15) is 22.8 Å². The molecule has 0 aliphatic heterocycles. The van der Waals surface area contributed by atoms with Gasteiger partial charge in [0.25, 0.3) is 16.0 Å². The number of rotatable bonds is 7. The van der Waals surface area contributed by atoms with E-state index in [1.807, 2.05) is 0 Å². The normalized spacial score (nSPS) is 11.7. The average molecular weight is 574 g/mol. The van der Waals surface area contributed by atoms with E-state index in [0.717, 1.165) is 6.07 Å². The molecular formula is C26H21Cl2N3O6S. The molecule has 3 N–H and O–H groups in total. The number of ether oxygens (including phenoxy) is 1. The Morgan fingerprint density at radius 1 is 1.05 bits per heavy atom. The van der Waals surface area contributed by atoms with Crippen molar-refractivity contribution in [2.24, 2.45) is 10.2 Å². The molecule has 4 aromatic rings. The zero-order valence-corrected chi connectivity index (χ0v) is 22.4. The van der Waals surface area contributed by atoms with E-state index < -0.39 is 26.7 Å². The minimum Gasteiger partial charge on any atom is -0.505 e. The van der Waals surface area contributed by atoms with E-state index >= 15 is 0 Å². The van der Waals surface area contributed by atoms with Crippen molar-refractivity contribution < 1.29 is 27.6 Å². The Morgan fingerprint density at radius 2 is 1.79 bits per heavy atom. The molecule has 12 heteroatoms. The molecule has 0 unspecified atom stereocenters. The van der Waals surface area contributed by atoms with Crippen molar-refractivity contribution in [3.05, 3.63) is 81.8 Å². The lowest BCUT2D eigenvalue weighted by atomic mass is 10.0. The van der Waals surface area contributed by atoms with E-state index in [1.165, 1.54) is 25.3 Å². The Bertz CT molecular complexity index is 1710. The predicted octanol–water partition coefficient (Wildman–Crippen LogP) is 7.34. The van der Waals surface area contributed by atoms with Crippen LogP contribution in [0.2, 0.25) is 10.0 Å². The van der Waals surface area contributed by atoms with Gasteiger partial charge in [-0.25, -0.2) is 0 Å². The number of carbonyl (C=O) groups is 1. The lowest BCUT2D eigenvalue weighted by Gasteiger charge is -2.13. The second kappa shape index (κ2) is 11.0. The molecule has 0 saturated heterocycles. The summed E-state index contributed by atoms with van der Waals surface area (Å²) >= 11 is 12.4. The highest BCUT2D eigenvalue weighted by molar-refractivity contribution is 7.85. The van der Waals surface area contributed by atoms with Crippen molar-refractivity contribution in [3.63, 3.8) is 0 Å². The highest BCUT2D eigenvalue weighted by Crippen LogP contribution is 2.41. The lowest BCUT2D eigenvalue weighted by molar-refractivity contribution is 0.102. The third kappa shape index (κ3) is 5.58. The molecule has 1 amide bonds. The molecule has 4 rings (SSSR count). The molecule has 0 spiro atoms. The molecule has 196 valence electrons. The van der Waals surface area contributed by atoms with Crippen LogP contribution in [0.4, 0.5) is 17.1 Å². The summed E-state index contributed by atoms with van der Waals surface area (Å²) < 4.78 is 38.3. The fourth-order valence-corrected chi connectivity index (χ4v) is 4.77. The second-order valence-electron chi connectivity index (χ2n) is 8.09. The van der Waals surface area contributed by atoms with E-state index in [0.29, 0.717) is 39.2 Å². The van der Waals surface area contributed by atoms with E-state index in [1.54, 1.807) is 43.3 Å². The third-order valence-electron chi connectivity index (χ3n) is 5.69. The maximum absolute atomic E-state index is 13.2. The van der Waals surface area contributed by atoms with Crippen LogP contribution in [0, 0.1) is 0 Å². The first-order valence-corrected chi connectivity index (χ1v) is 13.3. The van der Waals surface area contributed by atoms with Crippen molar-refractivity contribution in [1.29, 1.82) is 0 Å². The van der Waals surface area contributed by atoms with E-state index in [4.69, 9.17) is 27.9 Å². The lowest BCUT2D eigenvalue weighted by Crippen LogP contribution is -2.13. The molecule has 0 aliphatic carbocycles. The molecule has 0 aliphatic rings. The van der Waals surface area contributed by atoms with Crippen LogP contribution in [0.15, 0.2) is 75.8 Å². The fourth-order valence-electron chi connectivity index (χ4n) is 3.77. The summed E-state index contributed by atoms with van der Waals surface area (Å²) in [5.74, 6) is -0.785. The summed E-state index contributed by atoms with van der Waals surface area (Å²) in [7, 11) is -3.11. The Kier molecular flexibility index (Phi) is 7.89. The SMILES string of the molecule is CCc1cc(S(=O)(=O)O)cc(N=Nc2c(O)c(C(=O)Nc3ccc(Cl)cc3OC)cc3ccccc23)c1Cl. The third-order valence-corrected chi connectivity index (χ3v) is 7.19. The van der Waals surface area contributed by atoms with Crippen molar-refractivity contribution in [2.45, 2.75) is 18.2 Å². The van der Waals surface area contributed by atoms with Gasteiger partial charge in [0.05, 0.1) is 28.3 Å². The molecule has 0 atom stereocenters. The quantitative estimate of drug-likeness (QED) is 0.156. The highest BCUT2D eigenvalue weighted by Gasteiger charge is 2.21. The van der Waals surface area contributed by atoms with Crippen molar-refractivity contribution >= 4 is 67.1 Å². The number of phenols is 1. The molecule has 4 aromatic carbocycles. The Hall–Kier alpha value is -3.70. The number of carbonyl (C=O) groups excluding carboxylic acids is 1. The summed E-state index contributed by atoms with van der Waals surface area (Å²) in [6, 6.07) is 15.4. The topological polar surface area (TPSA) is 138 Å². The zero-order valence-electron chi connectivity index (χ0n) is 20.1. The van der Waals surface area contributed by atoms with Gasteiger partial charge in [0.15, 0.2) is 5.75 Å². The number of azo groups is 1.